The van der Waals surface area contributed by atoms with Gasteiger partial charge in [-0.25, -0.2) is 19.9 Å². The number of carbonyl (C=O) groups is 6. The van der Waals surface area contributed by atoms with Crippen molar-refractivity contribution in [3.63, 3.8) is 0 Å². The highest BCUT2D eigenvalue weighted by Crippen LogP contribution is 2.53. The molecule has 3 aliphatic rings. The maximum absolute atomic E-state index is 13.9. The number of aryl methyl sites for hydroxylation is 3. The van der Waals surface area contributed by atoms with Crippen molar-refractivity contribution in [1.82, 2.24) is 19.9 Å². The van der Waals surface area contributed by atoms with Crippen molar-refractivity contribution in [2.24, 2.45) is 0 Å². The van der Waals surface area contributed by atoms with Crippen LogP contribution in [-0.2, 0) is 43.7 Å². The minimum Gasteiger partial charge on any atom is -0.475 e. The van der Waals surface area contributed by atoms with Gasteiger partial charge in [-0.3, -0.25) is 43.5 Å². The van der Waals surface area contributed by atoms with Crippen LogP contribution in [0.3, 0.4) is 0 Å². The zero-order valence-corrected chi connectivity index (χ0v) is 63.1. The molecule has 115 heavy (non-hydrogen) atoms. The molecule has 6 amide bonds. The Hall–Kier alpha value is -13.7. The van der Waals surface area contributed by atoms with Crippen LogP contribution in [0, 0.1) is 20.8 Å². The topological polar surface area (TPSA) is 209 Å². The highest BCUT2D eigenvalue weighted by molar-refractivity contribution is 6.16. The molecular weight excluding hydrogens is 1490 g/mol. The number of carbonyl (C=O) groups excluding carboxylic acids is 6. The fourth-order valence-electron chi connectivity index (χ4n) is 14.0. The van der Waals surface area contributed by atoms with Gasteiger partial charge in [0.15, 0.2) is 11.4 Å². The van der Waals surface area contributed by atoms with Crippen molar-refractivity contribution in [2.75, 3.05) is 30.7 Å². The number of alkyl halides is 9. The van der Waals surface area contributed by atoms with Gasteiger partial charge in [0.1, 0.15) is 23.8 Å². The van der Waals surface area contributed by atoms with Crippen LogP contribution in [0.1, 0.15) is 117 Å². The van der Waals surface area contributed by atoms with Gasteiger partial charge in [-0.1, -0.05) is 120 Å². The average molecular weight is 1560 g/mol. The first-order valence-electron chi connectivity index (χ1n) is 35.9. The minimum absolute atomic E-state index is 0.206. The van der Waals surface area contributed by atoms with Gasteiger partial charge in [-0.2, -0.15) is 39.5 Å². The molecule has 3 N–H and O–H groups in total. The molecule has 3 aromatic heterocycles. The molecule has 582 valence electrons. The molecule has 15 rings (SSSR count). The summed E-state index contributed by atoms with van der Waals surface area (Å²) >= 11 is 0. The number of rotatable bonds is 12. The molecule has 0 atom stereocenters. The predicted octanol–water partition coefficient (Wildman–Crippen LogP) is 21.1. The third kappa shape index (κ3) is 16.0. The fraction of sp³-hybridized carbons (Fsp3) is 0.169. The highest BCUT2D eigenvalue weighted by Gasteiger charge is 2.50. The van der Waals surface area contributed by atoms with Gasteiger partial charge in [-0.15, -0.1) is 0 Å². The van der Waals surface area contributed by atoms with Crippen molar-refractivity contribution in [3.05, 3.63) is 311 Å². The van der Waals surface area contributed by atoms with E-state index in [9.17, 15) is 68.3 Å². The SMILES string of the molecule is Cc1ccc(NC(=O)c2cc(-c3cccc4c3C(C)(C)C(=O)N4c3ccccn3)ccc2C(F)(F)F)cc1.Cc1ccc(NC(=O)c2cc(-c3cccc4c3C(C)(C)C(=O)N4c3ccncn3)ccc2C(F)(F)F)cc1.Cc1ccc(NC(=O)c2cc(-c3cccc4c3OC(C)(C)C(=O)N4c3ccccn3)ccc2C(F)(F)F)cc1. The smallest absolute Gasteiger partial charge is 0.417 e. The van der Waals surface area contributed by atoms with Gasteiger partial charge in [0, 0.05) is 41.2 Å². The summed E-state index contributed by atoms with van der Waals surface area (Å²) in [4.78, 5) is 101. The molecule has 0 radical (unpaired) electrons. The minimum atomic E-state index is -4.75. The van der Waals surface area contributed by atoms with Crippen LogP contribution in [0.4, 0.5) is 91.1 Å². The van der Waals surface area contributed by atoms with Crippen molar-refractivity contribution in [3.8, 4) is 39.1 Å². The van der Waals surface area contributed by atoms with E-state index in [2.05, 4.69) is 35.9 Å². The van der Waals surface area contributed by atoms with Crippen molar-refractivity contribution in [1.29, 1.82) is 0 Å². The van der Waals surface area contributed by atoms with Crippen LogP contribution in [-0.4, -0.2) is 61.0 Å². The lowest BCUT2D eigenvalue weighted by Crippen LogP contribution is -2.50. The van der Waals surface area contributed by atoms with Gasteiger partial charge >= 0.3 is 18.5 Å². The second-order valence-corrected chi connectivity index (χ2v) is 29.0. The lowest BCUT2D eigenvalue weighted by Gasteiger charge is -2.39. The first-order chi connectivity index (χ1) is 54.4. The number of fused-ring (bicyclic) bond motifs is 3. The second kappa shape index (κ2) is 30.8. The first kappa shape index (κ1) is 79.4. The van der Waals surface area contributed by atoms with Crippen LogP contribution in [0.5, 0.6) is 5.75 Å². The predicted molar refractivity (Wildman–Crippen MR) is 421 cm³/mol. The van der Waals surface area contributed by atoms with Gasteiger partial charge in [0.25, 0.3) is 23.6 Å². The lowest BCUT2D eigenvalue weighted by atomic mass is 9.81. The molecule has 0 fully saturated rings. The molecule has 6 heterocycles. The summed E-state index contributed by atoms with van der Waals surface area (Å²) in [7, 11) is 0. The lowest BCUT2D eigenvalue weighted by molar-refractivity contribution is -0.138. The summed E-state index contributed by atoms with van der Waals surface area (Å²) in [6, 6.07) is 58.2. The molecule has 0 bridgehead atoms. The first-order valence-corrected chi connectivity index (χ1v) is 35.9. The number of amides is 6. The number of ether oxygens (including phenoxy) is 1. The van der Waals surface area contributed by atoms with Crippen LogP contribution in [0.2, 0.25) is 0 Å². The van der Waals surface area contributed by atoms with E-state index in [-0.39, 0.29) is 23.5 Å². The van der Waals surface area contributed by atoms with Gasteiger partial charge in [0.2, 0.25) is 11.8 Å². The molecule has 0 spiro atoms. The largest absolute Gasteiger partial charge is 0.475 e. The molecule has 0 unspecified atom stereocenters. The Balaban J connectivity index is 0.000000150. The number of nitrogens with zero attached hydrogens (tertiary/aromatic N) is 7. The van der Waals surface area contributed by atoms with Crippen LogP contribution < -0.4 is 35.4 Å². The van der Waals surface area contributed by atoms with Crippen molar-refractivity contribution >= 4 is 87.0 Å². The average Bonchev–Trinajstić information content (AvgIpc) is 1.66. The molecule has 3 aliphatic heterocycles. The number of nitrogens with one attached hydrogen (secondary N) is 3. The van der Waals surface area contributed by atoms with E-state index >= 15 is 0 Å². The molecule has 0 aliphatic carbocycles. The maximum Gasteiger partial charge on any atom is 0.417 e. The summed E-state index contributed by atoms with van der Waals surface area (Å²) < 4.78 is 131. The third-order valence-electron chi connectivity index (χ3n) is 19.7. The van der Waals surface area contributed by atoms with E-state index < -0.39 is 86.1 Å². The fourth-order valence-corrected chi connectivity index (χ4v) is 14.0. The van der Waals surface area contributed by atoms with Crippen LogP contribution in [0.15, 0.2) is 249 Å². The Bertz CT molecular complexity index is 5550. The van der Waals surface area contributed by atoms with E-state index in [0.717, 1.165) is 34.9 Å². The molecule has 26 heteroatoms. The molecular formula is C89H71F9N10O7. The zero-order valence-electron chi connectivity index (χ0n) is 63.1. The number of anilines is 9. The molecule has 0 saturated carbocycles. The number of halogens is 9. The van der Waals surface area contributed by atoms with Gasteiger partial charge < -0.3 is 20.7 Å². The van der Waals surface area contributed by atoms with Crippen molar-refractivity contribution in [2.45, 2.75) is 97.3 Å². The van der Waals surface area contributed by atoms with E-state index in [1.807, 2.05) is 20.8 Å². The Morgan fingerprint density at radius 3 is 1.04 bits per heavy atom. The standard InChI is InChI=1S/C30H24F3N3O3.C30H24F3N3O2.C29H23F3N4O2/c1-18-10-13-20(14-11-18)35-27(37)22-17-19(12-15-23(22)30(31,32)33)21-7-6-8-24-26(21)39-29(2,3)28(38)36(24)25-9-4-5-16-34-25;1-18-10-13-20(14-11-18)35-27(37)22-17-19(12-15-23(22)30(31,32)33)21-7-6-8-24-26(21)29(2,3)28(38)36(24)25-9-4-5-16-34-25;1-17-7-10-19(11-8-17)35-26(37)21-15-18(9-12-22(21)29(30,31)32)20-5-4-6-23-25(20)28(2,3)27(38)36(23)24-13-14-33-16-34-24/h4-17H,1-3H3,(H,35,37);4-17H,1-3H3,(H,35,37);4-16H,1-3H3,(H,35,37). The normalized spacial score (nSPS) is 14.4. The maximum atomic E-state index is 13.9. The molecule has 12 aromatic rings. The summed E-state index contributed by atoms with van der Waals surface area (Å²) in [5.74, 6) is -1.94. The Morgan fingerprint density at radius 2 is 0.704 bits per heavy atom. The quantitative estimate of drug-likeness (QED) is 0.0980. The van der Waals surface area contributed by atoms with Gasteiger partial charge in [0.05, 0.1) is 61.3 Å². The zero-order chi connectivity index (χ0) is 82.4. The highest BCUT2D eigenvalue weighted by atomic mass is 19.4. The summed E-state index contributed by atoms with van der Waals surface area (Å²) in [5.41, 5.74) is 1.49. The molecule has 9 aromatic carbocycles. The summed E-state index contributed by atoms with van der Waals surface area (Å²) in [5, 5.41) is 7.69. The summed E-state index contributed by atoms with van der Waals surface area (Å²) in [6.07, 6.45) is -8.21. The number of benzene rings is 9. The third-order valence-corrected chi connectivity index (χ3v) is 19.7. The van der Waals surface area contributed by atoms with Crippen molar-refractivity contribution < 1.29 is 73.0 Å². The Kier molecular flexibility index (Phi) is 21.3. The van der Waals surface area contributed by atoms with Gasteiger partial charge in [-0.05, 0) is 223 Å². The number of aromatic nitrogens is 4. The Morgan fingerprint density at radius 1 is 0.365 bits per heavy atom. The van der Waals surface area contributed by atoms with E-state index in [1.54, 1.807) is 224 Å². The van der Waals surface area contributed by atoms with Crippen LogP contribution >= 0.6 is 0 Å². The number of pyridine rings is 2. The molecule has 17 nitrogen and oxygen atoms in total. The monoisotopic (exact) mass is 1560 g/mol. The van der Waals surface area contributed by atoms with E-state index in [0.29, 0.717) is 96.1 Å². The second-order valence-electron chi connectivity index (χ2n) is 29.0. The summed E-state index contributed by atoms with van der Waals surface area (Å²) in [6.45, 7) is 15.9. The Labute approximate surface area is 654 Å². The van der Waals surface area contributed by atoms with Crippen LogP contribution in [0.25, 0.3) is 33.4 Å². The molecule has 0 saturated heterocycles. The number of hydrogen-bond donors (Lipinski definition) is 3. The number of hydrogen-bond acceptors (Lipinski definition) is 11. The number of para-hydroxylation sites is 1. The van der Waals surface area contributed by atoms with E-state index in [4.69, 9.17) is 4.74 Å². The van der Waals surface area contributed by atoms with E-state index in [1.165, 1.54) is 63.6 Å².